The average Bonchev–Trinajstić information content (AvgIpc) is 2.63. The Hall–Kier alpha value is -2.03. The quantitative estimate of drug-likeness (QED) is 0.599. The number of nitrogens with one attached hydrogen (secondary N) is 1. The molecule has 1 unspecified atom stereocenters. The summed E-state index contributed by atoms with van der Waals surface area (Å²) in [5.74, 6) is -0.582. The van der Waals surface area contributed by atoms with E-state index in [0.29, 0.717) is 17.7 Å². The minimum Gasteiger partial charge on any atom is -0.593 e. The Morgan fingerprint density at radius 1 is 1.38 bits per heavy atom. The molecular formula is C21H29N3O4S. The molecule has 2 amide bonds. The highest BCUT2D eigenvalue weighted by Crippen LogP contribution is 2.48. The Kier molecular flexibility index (Phi) is 5.73. The normalized spacial score (nSPS) is 26.6. The number of anilines is 1. The number of nitrogens with zero attached hydrogens (tertiary/aromatic N) is 2. The lowest BCUT2D eigenvalue weighted by Gasteiger charge is -2.45. The molecule has 7 nitrogen and oxygen atoms in total. The van der Waals surface area contributed by atoms with Gasteiger partial charge in [-0.1, -0.05) is 37.1 Å². The van der Waals surface area contributed by atoms with E-state index in [1.165, 1.54) is 9.21 Å². The fourth-order valence-electron chi connectivity index (χ4n) is 4.24. The van der Waals surface area contributed by atoms with Crippen LogP contribution in [0.4, 0.5) is 5.69 Å². The molecule has 1 N–H and O–H groups in total. The van der Waals surface area contributed by atoms with Crippen LogP contribution in [0, 0.1) is 5.41 Å². The number of carbonyl (C=O) groups is 2. The second kappa shape index (κ2) is 7.66. The molecule has 0 saturated carbocycles. The molecule has 0 radical (unpaired) electrons. The van der Waals surface area contributed by atoms with E-state index in [4.69, 9.17) is 0 Å². The van der Waals surface area contributed by atoms with Gasteiger partial charge in [-0.2, -0.15) is 0 Å². The highest BCUT2D eigenvalue weighted by Gasteiger charge is 2.49. The van der Waals surface area contributed by atoms with Crippen LogP contribution < -0.4 is 10.2 Å². The predicted molar refractivity (Wildman–Crippen MR) is 112 cm³/mol. The second-order valence-corrected chi connectivity index (χ2v) is 10.8. The van der Waals surface area contributed by atoms with Crippen LogP contribution in [0.3, 0.4) is 0 Å². The van der Waals surface area contributed by atoms with Gasteiger partial charge >= 0.3 is 0 Å². The van der Waals surface area contributed by atoms with Crippen molar-refractivity contribution in [3.63, 3.8) is 0 Å². The summed E-state index contributed by atoms with van der Waals surface area (Å²) in [7, 11) is -2.13. The third-order valence-electron chi connectivity index (χ3n) is 5.40. The molecule has 0 fully saturated rings. The first kappa shape index (κ1) is 21.7. The van der Waals surface area contributed by atoms with E-state index < -0.39 is 16.4 Å². The number of benzene rings is 1. The number of sulfonamides is 1. The highest BCUT2D eigenvalue weighted by atomic mass is 32.3. The largest absolute Gasteiger partial charge is 0.593 e. The summed E-state index contributed by atoms with van der Waals surface area (Å²) in [6.45, 7) is 10.0. The maximum atomic E-state index is 13.2. The van der Waals surface area contributed by atoms with Crippen LogP contribution in [-0.4, -0.2) is 46.9 Å². The topological polar surface area (TPSA) is 92.8 Å². The van der Waals surface area contributed by atoms with Gasteiger partial charge in [0.15, 0.2) is 15.3 Å². The summed E-state index contributed by atoms with van der Waals surface area (Å²) < 4.78 is 27.6. The summed E-state index contributed by atoms with van der Waals surface area (Å²) in [6.07, 6.45) is 2.19. The molecule has 8 heteroatoms. The molecule has 0 aliphatic carbocycles. The van der Waals surface area contributed by atoms with Crippen molar-refractivity contribution in [2.75, 3.05) is 25.0 Å². The number of hydrogen-bond donors (Lipinski definition) is 1. The fourth-order valence-corrected chi connectivity index (χ4v) is 6.00. The molecule has 2 heterocycles. The fraction of sp³-hybridized carbons (Fsp3) is 0.524. The molecule has 29 heavy (non-hydrogen) atoms. The van der Waals surface area contributed by atoms with Gasteiger partial charge in [-0.25, -0.2) is 0 Å². The summed E-state index contributed by atoms with van der Waals surface area (Å²) in [5.41, 5.74) is 0.918. The van der Waals surface area contributed by atoms with Crippen molar-refractivity contribution in [1.29, 1.82) is 0 Å². The van der Waals surface area contributed by atoms with Crippen molar-refractivity contribution in [1.82, 2.24) is 9.62 Å². The molecule has 3 rings (SSSR count). The maximum absolute atomic E-state index is 13.2. The Bertz CT molecular complexity index is 892. The van der Waals surface area contributed by atoms with E-state index in [-0.39, 0.29) is 47.6 Å². The van der Waals surface area contributed by atoms with Gasteiger partial charge < -0.3 is 9.87 Å². The van der Waals surface area contributed by atoms with Crippen molar-refractivity contribution in [2.24, 2.45) is 5.41 Å². The van der Waals surface area contributed by atoms with Gasteiger partial charge in [-0.15, -0.1) is 10.9 Å². The minimum absolute atomic E-state index is 0.161. The number of likely N-dealkylation sites (N-methyl/N-ethyl adjacent to an activating group) is 1. The lowest BCUT2D eigenvalue weighted by atomic mass is 9.83. The SMILES string of the molecule is C=CCN1C[C@@H]2C[C@@H](C(=O)NC)N(C(=O)CC(C)(C)C)c3cccc(c32)[S+]1(=O)[O-]. The molecule has 0 saturated heterocycles. The predicted octanol–water partition coefficient (Wildman–Crippen LogP) is 2.46. The van der Waals surface area contributed by atoms with Crippen LogP contribution in [0.15, 0.2) is 35.7 Å². The van der Waals surface area contributed by atoms with Crippen molar-refractivity contribution in [3.8, 4) is 0 Å². The van der Waals surface area contributed by atoms with Gasteiger partial charge in [0, 0.05) is 24.9 Å². The van der Waals surface area contributed by atoms with Crippen molar-refractivity contribution >= 4 is 27.9 Å². The second-order valence-electron chi connectivity index (χ2n) is 8.86. The third-order valence-corrected chi connectivity index (χ3v) is 7.29. The summed E-state index contributed by atoms with van der Waals surface area (Å²) in [4.78, 5) is 27.7. The zero-order valence-corrected chi connectivity index (χ0v) is 18.3. The van der Waals surface area contributed by atoms with Crippen LogP contribution in [0.25, 0.3) is 0 Å². The Labute approximate surface area is 173 Å². The number of carbonyl (C=O) groups excluding carboxylic acids is 2. The highest BCUT2D eigenvalue weighted by molar-refractivity contribution is 7.95. The van der Waals surface area contributed by atoms with Gasteiger partial charge in [-0.3, -0.25) is 14.5 Å². The Morgan fingerprint density at radius 3 is 2.66 bits per heavy atom. The van der Waals surface area contributed by atoms with Crippen LogP contribution >= 0.6 is 0 Å². The molecule has 0 aromatic heterocycles. The first-order valence-electron chi connectivity index (χ1n) is 9.79. The molecule has 158 valence electrons. The summed E-state index contributed by atoms with van der Waals surface area (Å²) >= 11 is 0. The smallest absolute Gasteiger partial charge is 0.242 e. The van der Waals surface area contributed by atoms with Gasteiger partial charge in [0.1, 0.15) is 6.04 Å². The van der Waals surface area contributed by atoms with Crippen LogP contribution in [0.2, 0.25) is 0 Å². The van der Waals surface area contributed by atoms with Gasteiger partial charge in [-0.05, 0) is 24.0 Å². The van der Waals surface area contributed by atoms with Crippen LogP contribution in [-0.2, 0) is 24.2 Å². The van der Waals surface area contributed by atoms with Crippen molar-refractivity contribution < 1.29 is 18.4 Å². The minimum atomic E-state index is -3.68. The Morgan fingerprint density at radius 2 is 2.07 bits per heavy atom. The molecule has 3 atom stereocenters. The number of hydrogen-bond acceptors (Lipinski definition) is 4. The number of amides is 2. The van der Waals surface area contributed by atoms with E-state index >= 15 is 0 Å². The van der Waals surface area contributed by atoms with E-state index in [1.807, 2.05) is 20.8 Å². The first-order valence-corrected chi connectivity index (χ1v) is 11.2. The molecule has 0 bridgehead atoms. The molecule has 1 aromatic carbocycles. The lowest BCUT2D eigenvalue weighted by molar-refractivity contribution is -0.127. The molecule has 0 spiro atoms. The van der Waals surface area contributed by atoms with Crippen LogP contribution in [0.1, 0.15) is 45.1 Å². The molecule has 2 aliphatic rings. The molecule has 2 aliphatic heterocycles. The first-order chi connectivity index (χ1) is 13.5. The van der Waals surface area contributed by atoms with Gasteiger partial charge in [0.2, 0.25) is 11.8 Å². The number of rotatable bonds is 4. The summed E-state index contributed by atoms with van der Waals surface area (Å²) in [6, 6.07) is 4.31. The summed E-state index contributed by atoms with van der Waals surface area (Å²) in [5, 5.41) is 2.66. The zero-order valence-electron chi connectivity index (χ0n) is 17.4. The molecule has 1 aromatic rings. The monoisotopic (exact) mass is 419 g/mol. The average molecular weight is 420 g/mol. The zero-order chi connectivity index (χ0) is 21.6. The van der Waals surface area contributed by atoms with Gasteiger partial charge in [0.05, 0.1) is 18.8 Å². The van der Waals surface area contributed by atoms with E-state index in [2.05, 4.69) is 11.9 Å². The van der Waals surface area contributed by atoms with Crippen molar-refractivity contribution in [3.05, 3.63) is 36.4 Å². The van der Waals surface area contributed by atoms with E-state index in [0.717, 1.165) is 0 Å². The van der Waals surface area contributed by atoms with Crippen LogP contribution in [0.5, 0.6) is 0 Å². The van der Waals surface area contributed by atoms with E-state index in [1.54, 1.807) is 31.3 Å². The van der Waals surface area contributed by atoms with Crippen molar-refractivity contribution in [2.45, 2.75) is 50.5 Å². The molecular weight excluding hydrogens is 390 g/mol. The maximum Gasteiger partial charge on any atom is 0.242 e. The van der Waals surface area contributed by atoms with Gasteiger partial charge in [0.25, 0.3) is 0 Å². The van der Waals surface area contributed by atoms with E-state index in [9.17, 15) is 18.4 Å². The third kappa shape index (κ3) is 3.89. The lowest BCUT2D eigenvalue weighted by Crippen LogP contribution is -2.56. The Balaban J connectivity index is 2.17. The standard InChI is InChI=1S/C21H29N3O4S/c1-6-10-23-13-14-11-16(20(26)22-5)24(18(25)12-21(2,3)4)15-8-7-9-17(19(14)15)29(23,27)28/h6-9,14,16H,1,10-13H2,2-5H3,(H-,22,26,27,28)/t14-,16-/m0/s1.